The van der Waals surface area contributed by atoms with E-state index >= 15 is 0 Å². The Bertz CT molecular complexity index is 353. The number of anilines is 1. The van der Waals surface area contributed by atoms with Crippen LogP contribution in [0.4, 0.5) is 5.95 Å². The molecule has 5 nitrogen and oxygen atoms in total. The van der Waals surface area contributed by atoms with Gasteiger partial charge in [-0.05, 0) is 20.8 Å². The Hall–Kier alpha value is -1.65. The summed E-state index contributed by atoms with van der Waals surface area (Å²) in [4.78, 5) is 19.6. The SMILES string of the molecule is CCNc1ncc(C(=O)OCC)c(C)n1. The molecule has 1 N–H and O–H groups in total. The van der Waals surface area contributed by atoms with E-state index in [1.165, 1.54) is 6.20 Å². The lowest BCUT2D eigenvalue weighted by Gasteiger charge is -2.06. The molecule has 0 amide bonds. The van der Waals surface area contributed by atoms with Crippen molar-refractivity contribution in [2.75, 3.05) is 18.5 Å². The number of hydrogen-bond donors (Lipinski definition) is 1. The zero-order chi connectivity index (χ0) is 11.3. The van der Waals surface area contributed by atoms with Gasteiger partial charge in [-0.1, -0.05) is 0 Å². The molecule has 0 fully saturated rings. The third-order valence-electron chi connectivity index (χ3n) is 1.81. The Morgan fingerprint density at radius 3 is 2.80 bits per heavy atom. The van der Waals surface area contributed by atoms with E-state index in [0.717, 1.165) is 6.54 Å². The Kier molecular flexibility index (Phi) is 4.03. The van der Waals surface area contributed by atoms with Crippen LogP contribution in [0.25, 0.3) is 0 Å². The Morgan fingerprint density at radius 1 is 1.53 bits per heavy atom. The maximum absolute atomic E-state index is 11.4. The molecule has 0 saturated heterocycles. The van der Waals surface area contributed by atoms with Gasteiger partial charge in [0.05, 0.1) is 17.9 Å². The van der Waals surface area contributed by atoms with Gasteiger partial charge in [0.25, 0.3) is 0 Å². The average Bonchev–Trinajstić information content (AvgIpc) is 2.18. The molecule has 1 heterocycles. The van der Waals surface area contributed by atoms with Gasteiger partial charge in [-0.3, -0.25) is 0 Å². The first-order valence-electron chi connectivity index (χ1n) is 4.93. The first-order chi connectivity index (χ1) is 7.19. The number of hydrogen-bond acceptors (Lipinski definition) is 5. The van der Waals surface area contributed by atoms with E-state index < -0.39 is 0 Å². The van der Waals surface area contributed by atoms with Crippen molar-refractivity contribution in [2.24, 2.45) is 0 Å². The monoisotopic (exact) mass is 209 g/mol. The van der Waals surface area contributed by atoms with Crippen molar-refractivity contribution >= 4 is 11.9 Å². The quantitative estimate of drug-likeness (QED) is 0.759. The minimum atomic E-state index is -0.377. The van der Waals surface area contributed by atoms with E-state index in [4.69, 9.17) is 4.74 Å². The maximum atomic E-state index is 11.4. The molecule has 0 spiro atoms. The van der Waals surface area contributed by atoms with E-state index in [-0.39, 0.29) is 5.97 Å². The van der Waals surface area contributed by atoms with Gasteiger partial charge < -0.3 is 10.1 Å². The van der Waals surface area contributed by atoms with Crippen LogP contribution in [0.2, 0.25) is 0 Å². The van der Waals surface area contributed by atoms with Crippen LogP contribution in [-0.2, 0) is 4.74 Å². The topological polar surface area (TPSA) is 64.1 Å². The molecule has 0 aliphatic carbocycles. The fourth-order valence-corrected chi connectivity index (χ4v) is 1.12. The van der Waals surface area contributed by atoms with Crippen LogP contribution in [0.1, 0.15) is 29.9 Å². The molecule has 0 saturated carbocycles. The predicted octanol–water partition coefficient (Wildman–Crippen LogP) is 1.39. The van der Waals surface area contributed by atoms with Crippen molar-refractivity contribution in [2.45, 2.75) is 20.8 Å². The number of esters is 1. The molecule has 1 aromatic heterocycles. The molecule has 0 radical (unpaired) electrons. The van der Waals surface area contributed by atoms with Crippen LogP contribution >= 0.6 is 0 Å². The van der Waals surface area contributed by atoms with Crippen molar-refractivity contribution in [3.05, 3.63) is 17.5 Å². The molecule has 0 aliphatic heterocycles. The van der Waals surface area contributed by atoms with Gasteiger partial charge in [-0.2, -0.15) is 0 Å². The Labute approximate surface area is 88.9 Å². The number of carbonyl (C=O) groups is 1. The van der Waals surface area contributed by atoms with Gasteiger partial charge in [0.15, 0.2) is 0 Å². The molecule has 1 aromatic rings. The number of aryl methyl sites for hydroxylation is 1. The first-order valence-corrected chi connectivity index (χ1v) is 4.93. The highest BCUT2D eigenvalue weighted by Gasteiger charge is 2.11. The Morgan fingerprint density at radius 2 is 2.27 bits per heavy atom. The third-order valence-corrected chi connectivity index (χ3v) is 1.81. The van der Waals surface area contributed by atoms with Gasteiger partial charge in [0, 0.05) is 12.7 Å². The lowest BCUT2D eigenvalue weighted by atomic mass is 10.2. The maximum Gasteiger partial charge on any atom is 0.341 e. The zero-order valence-corrected chi connectivity index (χ0v) is 9.20. The van der Waals surface area contributed by atoms with Crippen molar-refractivity contribution in [3.8, 4) is 0 Å². The lowest BCUT2D eigenvalue weighted by Crippen LogP contribution is -2.11. The third kappa shape index (κ3) is 2.90. The van der Waals surface area contributed by atoms with Crippen LogP contribution in [0.15, 0.2) is 6.20 Å². The van der Waals surface area contributed by atoms with E-state index in [9.17, 15) is 4.79 Å². The van der Waals surface area contributed by atoms with Gasteiger partial charge in [-0.25, -0.2) is 14.8 Å². The molecule has 5 heteroatoms. The summed E-state index contributed by atoms with van der Waals surface area (Å²) in [7, 11) is 0. The molecule has 1 rings (SSSR count). The summed E-state index contributed by atoms with van der Waals surface area (Å²) >= 11 is 0. The molecular weight excluding hydrogens is 194 g/mol. The van der Waals surface area contributed by atoms with Crippen LogP contribution in [0.3, 0.4) is 0 Å². The largest absolute Gasteiger partial charge is 0.462 e. The highest BCUT2D eigenvalue weighted by Crippen LogP contribution is 2.08. The molecular formula is C10H15N3O2. The molecule has 0 aromatic carbocycles. The van der Waals surface area contributed by atoms with Crippen molar-refractivity contribution in [1.29, 1.82) is 0 Å². The molecule has 0 bridgehead atoms. The minimum Gasteiger partial charge on any atom is -0.462 e. The predicted molar refractivity (Wildman–Crippen MR) is 56.9 cm³/mol. The number of ether oxygens (including phenoxy) is 1. The fraction of sp³-hybridized carbons (Fsp3) is 0.500. The van der Waals surface area contributed by atoms with Gasteiger partial charge in [0.2, 0.25) is 5.95 Å². The molecule has 15 heavy (non-hydrogen) atoms. The number of nitrogens with zero attached hydrogens (tertiary/aromatic N) is 2. The first kappa shape index (κ1) is 11.4. The second-order valence-corrected chi connectivity index (χ2v) is 2.94. The van der Waals surface area contributed by atoms with Crippen molar-refractivity contribution in [3.63, 3.8) is 0 Å². The van der Waals surface area contributed by atoms with Crippen LogP contribution in [-0.4, -0.2) is 29.1 Å². The molecule has 0 aliphatic rings. The summed E-state index contributed by atoms with van der Waals surface area (Å²) in [6.07, 6.45) is 1.48. The number of nitrogens with one attached hydrogen (secondary N) is 1. The second-order valence-electron chi connectivity index (χ2n) is 2.94. The average molecular weight is 209 g/mol. The second kappa shape index (κ2) is 5.29. The Balaban J connectivity index is 2.87. The van der Waals surface area contributed by atoms with E-state index in [2.05, 4.69) is 15.3 Å². The van der Waals surface area contributed by atoms with Crippen LogP contribution in [0, 0.1) is 6.92 Å². The van der Waals surface area contributed by atoms with Crippen molar-refractivity contribution < 1.29 is 9.53 Å². The smallest absolute Gasteiger partial charge is 0.341 e. The molecule has 0 atom stereocenters. The summed E-state index contributed by atoms with van der Waals surface area (Å²) in [5.41, 5.74) is 1.04. The van der Waals surface area contributed by atoms with Crippen LogP contribution in [0.5, 0.6) is 0 Å². The highest BCUT2D eigenvalue weighted by molar-refractivity contribution is 5.90. The van der Waals surface area contributed by atoms with Crippen molar-refractivity contribution in [1.82, 2.24) is 9.97 Å². The van der Waals surface area contributed by atoms with Gasteiger partial charge in [0.1, 0.15) is 0 Å². The number of rotatable bonds is 4. The molecule has 82 valence electrons. The highest BCUT2D eigenvalue weighted by atomic mass is 16.5. The standard InChI is InChI=1S/C10H15N3O2/c1-4-11-10-12-6-8(7(3)13-10)9(14)15-5-2/h6H,4-5H2,1-3H3,(H,11,12,13). The fourth-order valence-electron chi connectivity index (χ4n) is 1.12. The van der Waals surface area contributed by atoms with E-state index in [0.29, 0.717) is 23.8 Å². The minimum absolute atomic E-state index is 0.354. The summed E-state index contributed by atoms with van der Waals surface area (Å²) < 4.78 is 4.87. The van der Waals surface area contributed by atoms with E-state index in [1.807, 2.05) is 6.92 Å². The molecule has 0 unspecified atom stereocenters. The lowest BCUT2D eigenvalue weighted by molar-refractivity contribution is 0.0524. The summed E-state index contributed by atoms with van der Waals surface area (Å²) in [6.45, 7) is 6.58. The van der Waals surface area contributed by atoms with E-state index in [1.54, 1.807) is 13.8 Å². The zero-order valence-electron chi connectivity index (χ0n) is 9.20. The summed E-state index contributed by atoms with van der Waals surface area (Å²) in [5.74, 6) is 0.154. The van der Waals surface area contributed by atoms with Gasteiger partial charge >= 0.3 is 5.97 Å². The van der Waals surface area contributed by atoms with Crippen LogP contribution < -0.4 is 5.32 Å². The summed E-state index contributed by atoms with van der Waals surface area (Å²) in [5, 5.41) is 2.97. The summed E-state index contributed by atoms with van der Waals surface area (Å²) in [6, 6.07) is 0. The number of carbonyl (C=O) groups excluding carboxylic acids is 1. The number of aromatic nitrogens is 2. The van der Waals surface area contributed by atoms with Gasteiger partial charge in [-0.15, -0.1) is 0 Å². The normalized spacial score (nSPS) is 9.80.